The predicted molar refractivity (Wildman–Crippen MR) is 83.3 cm³/mol. The standard InChI is InChI=1S/C15H18N2O4S/c18-17(19)13-6-7-14-12(8-13)9-15(16(14)10-22(20)21)11-4-2-1-3-5-11/h6-9,11H,1-5,10H2,(H,20,21)/p-1. The van der Waals surface area contributed by atoms with Gasteiger partial charge in [0.25, 0.3) is 5.69 Å². The van der Waals surface area contributed by atoms with Gasteiger partial charge in [-0.2, -0.15) is 0 Å². The molecule has 0 aliphatic heterocycles. The highest BCUT2D eigenvalue weighted by Gasteiger charge is 2.21. The number of aromatic nitrogens is 1. The molecule has 1 unspecified atom stereocenters. The topological polar surface area (TPSA) is 88.2 Å². The third-order valence-corrected chi connectivity index (χ3v) is 4.85. The summed E-state index contributed by atoms with van der Waals surface area (Å²) in [5.41, 5.74) is 1.76. The highest BCUT2D eigenvalue weighted by Crippen LogP contribution is 2.36. The smallest absolute Gasteiger partial charge is 0.270 e. The summed E-state index contributed by atoms with van der Waals surface area (Å²) < 4.78 is 24.2. The highest BCUT2D eigenvalue weighted by atomic mass is 32.2. The number of hydrogen-bond acceptors (Lipinski definition) is 4. The lowest BCUT2D eigenvalue weighted by Gasteiger charge is -2.24. The number of nitro benzene ring substituents is 1. The van der Waals surface area contributed by atoms with E-state index in [9.17, 15) is 18.9 Å². The summed E-state index contributed by atoms with van der Waals surface area (Å²) in [5, 5.41) is 11.7. The minimum absolute atomic E-state index is 0.0306. The molecule has 22 heavy (non-hydrogen) atoms. The van der Waals surface area contributed by atoms with Crippen molar-refractivity contribution in [3.05, 3.63) is 40.1 Å². The van der Waals surface area contributed by atoms with Crippen LogP contribution in [0.1, 0.15) is 43.7 Å². The SMILES string of the molecule is O=[N+]([O-])c1ccc2c(c1)cc(C1CCCCC1)n2CS(=O)[O-]. The molecule has 0 amide bonds. The number of nitro groups is 1. The summed E-state index contributed by atoms with van der Waals surface area (Å²) in [4.78, 5) is 10.5. The van der Waals surface area contributed by atoms with Gasteiger partial charge in [0.15, 0.2) is 0 Å². The first-order chi connectivity index (χ1) is 10.6. The third kappa shape index (κ3) is 2.91. The second-order valence-corrected chi connectivity index (χ2v) is 6.63. The van der Waals surface area contributed by atoms with Gasteiger partial charge in [-0.1, -0.05) is 19.3 Å². The van der Waals surface area contributed by atoms with Crippen LogP contribution in [0.3, 0.4) is 0 Å². The largest absolute Gasteiger partial charge is 0.771 e. The molecule has 0 bridgehead atoms. The molecule has 0 radical (unpaired) electrons. The van der Waals surface area contributed by atoms with Crippen LogP contribution in [0.2, 0.25) is 0 Å². The monoisotopic (exact) mass is 321 g/mol. The molecule has 0 N–H and O–H groups in total. The Morgan fingerprint density at radius 2 is 1.95 bits per heavy atom. The minimum Gasteiger partial charge on any atom is -0.771 e. The van der Waals surface area contributed by atoms with Crippen LogP contribution in [-0.4, -0.2) is 18.3 Å². The van der Waals surface area contributed by atoms with Crippen molar-refractivity contribution in [1.82, 2.24) is 4.57 Å². The number of rotatable bonds is 4. The van der Waals surface area contributed by atoms with Crippen molar-refractivity contribution >= 4 is 27.7 Å². The van der Waals surface area contributed by atoms with E-state index in [1.165, 1.54) is 18.6 Å². The fourth-order valence-corrected chi connectivity index (χ4v) is 3.88. The maximum absolute atomic E-state index is 11.2. The highest BCUT2D eigenvalue weighted by molar-refractivity contribution is 7.78. The lowest BCUT2D eigenvalue weighted by Crippen LogP contribution is -2.13. The van der Waals surface area contributed by atoms with Crippen LogP contribution in [0.15, 0.2) is 24.3 Å². The van der Waals surface area contributed by atoms with Gasteiger partial charge in [0.1, 0.15) is 0 Å². The average Bonchev–Trinajstić information content (AvgIpc) is 2.85. The molecule has 1 aliphatic rings. The first kappa shape index (κ1) is 15.2. The first-order valence-corrected chi connectivity index (χ1v) is 8.64. The molecule has 1 aromatic carbocycles. The van der Waals surface area contributed by atoms with E-state index in [2.05, 4.69) is 0 Å². The molecule has 1 aliphatic carbocycles. The number of nitrogens with zero attached hydrogens (tertiary/aromatic N) is 2. The minimum atomic E-state index is -2.20. The second kappa shape index (κ2) is 6.18. The predicted octanol–water partition coefficient (Wildman–Crippen LogP) is 3.43. The van der Waals surface area contributed by atoms with E-state index in [4.69, 9.17) is 0 Å². The van der Waals surface area contributed by atoms with E-state index in [1.54, 1.807) is 10.6 Å². The number of benzene rings is 1. The van der Waals surface area contributed by atoms with Crippen molar-refractivity contribution < 1.29 is 13.7 Å². The van der Waals surface area contributed by atoms with Crippen molar-refractivity contribution in [2.45, 2.75) is 43.9 Å². The molecule has 3 rings (SSSR count). The molecular weight excluding hydrogens is 304 g/mol. The van der Waals surface area contributed by atoms with Crippen LogP contribution in [0.5, 0.6) is 0 Å². The molecule has 1 atom stereocenters. The molecule has 0 spiro atoms. The lowest BCUT2D eigenvalue weighted by molar-refractivity contribution is -0.384. The van der Waals surface area contributed by atoms with E-state index < -0.39 is 16.0 Å². The molecule has 1 aromatic heterocycles. The van der Waals surface area contributed by atoms with Crippen LogP contribution in [0, 0.1) is 10.1 Å². The van der Waals surface area contributed by atoms with Gasteiger partial charge in [0.2, 0.25) is 0 Å². The van der Waals surface area contributed by atoms with Gasteiger partial charge in [0, 0.05) is 28.7 Å². The van der Waals surface area contributed by atoms with Crippen LogP contribution < -0.4 is 0 Å². The Morgan fingerprint density at radius 3 is 2.59 bits per heavy atom. The maximum atomic E-state index is 11.2. The van der Waals surface area contributed by atoms with Crippen molar-refractivity contribution in [2.24, 2.45) is 0 Å². The maximum Gasteiger partial charge on any atom is 0.270 e. The number of hydrogen-bond donors (Lipinski definition) is 0. The van der Waals surface area contributed by atoms with Gasteiger partial charge < -0.3 is 9.12 Å². The molecule has 1 heterocycles. The Balaban J connectivity index is 2.11. The summed E-state index contributed by atoms with van der Waals surface area (Å²) in [6, 6.07) is 6.51. The van der Waals surface area contributed by atoms with Gasteiger partial charge in [-0.3, -0.25) is 14.3 Å². The fraction of sp³-hybridized carbons (Fsp3) is 0.467. The summed E-state index contributed by atoms with van der Waals surface area (Å²) in [6.07, 6.45) is 5.60. The molecule has 2 aromatic rings. The van der Waals surface area contributed by atoms with E-state index >= 15 is 0 Å². The van der Waals surface area contributed by atoms with E-state index in [1.807, 2.05) is 6.07 Å². The van der Waals surface area contributed by atoms with Crippen molar-refractivity contribution in [2.75, 3.05) is 0 Å². The zero-order valence-electron chi connectivity index (χ0n) is 12.1. The molecule has 0 saturated heterocycles. The van der Waals surface area contributed by atoms with Crippen LogP contribution in [0.4, 0.5) is 5.69 Å². The first-order valence-electron chi connectivity index (χ1n) is 7.39. The van der Waals surface area contributed by atoms with Crippen LogP contribution >= 0.6 is 0 Å². The number of fused-ring (bicyclic) bond motifs is 1. The van der Waals surface area contributed by atoms with Gasteiger partial charge in [-0.05, 0) is 42.0 Å². The van der Waals surface area contributed by atoms with Crippen molar-refractivity contribution in [1.29, 1.82) is 0 Å². The van der Waals surface area contributed by atoms with Crippen molar-refractivity contribution in [3.63, 3.8) is 0 Å². The van der Waals surface area contributed by atoms with Crippen LogP contribution in [0.25, 0.3) is 10.9 Å². The lowest BCUT2D eigenvalue weighted by atomic mass is 9.87. The Bertz CT molecular complexity index is 734. The van der Waals surface area contributed by atoms with E-state index in [-0.39, 0.29) is 11.6 Å². The summed E-state index contributed by atoms with van der Waals surface area (Å²) in [5.74, 6) is 0.233. The quantitative estimate of drug-likeness (QED) is 0.490. The Morgan fingerprint density at radius 1 is 1.23 bits per heavy atom. The number of non-ortho nitro benzene ring substituents is 1. The van der Waals surface area contributed by atoms with Gasteiger partial charge >= 0.3 is 0 Å². The summed E-state index contributed by atoms with van der Waals surface area (Å²) in [7, 11) is 0. The van der Waals surface area contributed by atoms with Crippen LogP contribution in [-0.2, 0) is 17.0 Å². The summed E-state index contributed by atoms with van der Waals surface area (Å²) >= 11 is -2.20. The molecule has 1 fully saturated rings. The third-order valence-electron chi connectivity index (χ3n) is 4.39. The Hall–Kier alpha value is -1.73. The summed E-state index contributed by atoms with van der Waals surface area (Å²) in [6.45, 7) is 0. The zero-order valence-corrected chi connectivity index (χ0v) is 12.9. The van der Waals surface area contributed by atoms with E-state index in [0.717, 1.165) is 42.3 Å². The van der Waals surface area contributed by atoms with Gasteiger partial charge in [-0.15, -0.1) is 0 Å². The van der Waals surface area contributed by atoms with E-state index in [0.29, 0.717) is 5.92 Å². The fourth-order valence-electron chi connectivity index (χ4n) is 3.38. The Labute approximate surface area is 130 Å². The molecule has 7 heteroatoms. The average molecular weight is 321 g/mol. The normalized spacial score (nSPS) is 17.7. The van der Waals surface area contributed by atoms with Crippen molar-refractivity contribution in [3.8, 4) is 0 Å². The molecule has 1 saturated carbocycles. The second-order valence-electron chi connectivity index (χ2n) is 5.77. The molecule has 118 valence electrons. The zero-order chi connectivity index (χ0) is 15.7. The molecule has 6 nitrogen and oxygen atoms in total. The van der Waals surface area contributed by atoms with Gasteiger partial charge in [0.05, 0.1) is 10.8 Å². The van der Waals surface area contributed by atoms with Gasteiger partial charge in [-0.25, -0.2) is 0 Å². The Kier molecular flexibility index (Phi) is 4.26. The molecular formula is C15H17N2O4S-.